The van der Waals surface area contributed by atoms with Gasteiger partial charge in [-0.25, -0.2) is 4.98 Å². The number of aromatic nitrogens is 1. The third-order valence-corrected chi connectivity index (χ3v) is 4.04. The van der Waals surface area contributed by atoms with E-state index < -0.39 is 0 Å². The van der Waals surface area contributed by atoms with E-state index in [-0.39, 0.29) is 11.7 Å². The zero-order valence-electron chi connectivity index (χ0n) is 11.0. The summed E-state index contributed by atoms with van der Waals surface area (Å²) in [5.41, 5.74) is 2.15. The number of amides is 1. The molecular weight excluding hydrogens is 284 g/mol. The maximum atomic E-state index is 11.3. The van der Waals surface area contributed by atoms with Crippen LogP contribution in [0.5, 0.6) is 5.75 Å². The smallest absolute Gasteiger partial charge is 0.247 e. The van der Waals surface area contributed by atoms with Crippen molar-refractivity contribution in [3.05, 3.63) is 55.1 Å². The van der Waals surface area contributed by atoms with E-state index in [1.807, 2.05) is 24.3 Å². The summed E-state index contributed by atoms with van der Waals surface area (Å²) in [6.07, 6.45) is 1.22. The molecule has 2 N–H and O–H groups in total. The number of phenols is 1. The van der Waals surface area contributed by atoms with Gasteiger partial charge in [0.2, 0.25) is 5.91 Å². The first kappa shape index (κ1) is 13.3. The highest BCUT2D eigenvalue weighted by Crippen LogP contribution is 2.35. The maximum Gasteiger partial charge on any atom is 0.247 e. The first-order chi connectivity index (χ1) is 10.2. The van der Waals surface area contributed by atoms with E-state index in [0.717, 1.165) is 15.2 Å². The summed E-state index contributed by atoms with van der Waals surface area (Å²) in [6, 6.07) is 12.6. The Labute approximate surface area is 125 Å². The van der Waals surface area contributed by atoms with Gasteiger partial charge in [-0.05, 0) is 36.4 Å². The van der Waals surface area contributed by atoms with Crippen molar-refractivity contribution in [2.24, 2.45) is 0 Å². The fraction of sp³-hybridized carbons (Fsp3) is 0. The minimum atomic E-state index is -0.259. The molecule has 0 atom stereocenters. The summed E-state index contributed by atoms with van der Waals surface area (Å²) >= 11 is 1.49. The molecule has 5 heteroatoms. The lowest BCUT2D eigenvalue weighted by Gasteiger charge is -2.00. The van der Waals surface area contributed by atoms with Gasteiger partial charge in [0, 0.05) is 5.69 Å². The van der Waals surface area contributed by atoms with Crippen molar-refractivity contribution in [3.8, 4) is 16.3 Å². The van der Waals surface area contributed by atoms with Crippen LogP contribution in [-0.2, 0) is 4.79 Å². The predicted octanol–water partition coefficient (Wildman–Crippen LogP) is 3.79. The van der Waals surface area contributed by atoms with E-state index in [1.165, 1.54) is 17.4 Å². The van der Waals surface area contributed by atoms with Crippen LogP contribution < -0.4 is 5.32 Å². The molecule has 0 saturated heterocycles. The average molecular weight is 296 g/mol. The van der Waals surface area contributed by atoms with Gasteiger partial charge in [0.15, 0.2) is 0 Å². The topological polar surface area (TPSA) is 62.2 Å². The van der Waals surface area contributed by atoms with E-state index in [1.54, 1.807) is 18.2 Å². The molecule has 21 heavy (non-hydrogen) atoms. The zero-order chi connectivity index (χ0) is 14.8. The molecule has 0 aliphatic carbocycles. The molecule has 0 aliphatic heterocycles. The minimum absolute atomic E-state index is 0.205. The summed E-state index contributed by atoms with van der Waals surface area (Å²) < 4.78 is 0.991. The van der Waals surface area contributed by atoms with Crippen LogP contribution in [0, 0.1) is 0 Å². The SMILES string of the molecule is C=CC(=O)Nc1ccc2sc(-c3ccccc3O)nc2c1. The number of phenolic OH excluding ortho intramolecular Hbond substituents is 1. The number of anilines is 1. The van der Waals surface area contributed by atoms with Gasteiger partial charge in [0.05, 0.1) is 15.8 Å². The molecule has 0 fully saturated rings. The number of benzene rings is 2. The molecule has 4 nitrogen and oxygen atoms in total. The van der Waals surface area contributed by atoms with Crippen molar-refractivity contribution in [2.75, 3.05) is 5.32 Å². The van der Waals surface area contributed by atoms with E-state index >= 15 is 0 Å². The second kappa shape index (κ2) is 5.38. The first-order valence-corrected chi connectivity index (χ1v) is 7.11. The molecule has 3 rings (SSSR count). The van der Waals surface area contributed by atoms with Gasteiger partial charge in [0.1, 0.15) is 10.8 Å². The molecular formula is C16H12N2O2S. The highest BCUT2D eigenvalue weighted by molar-refractivity contribution is 7.21. The van der Waals surface area contributed by atoms with Gasteiger partial charge >= 0.3 is 0 Å². The molecule has 1 amide bonds. The maximum absolute atomic E-state index is 11.3. The molecule has 0 aliphatic rings. The Bertz CT molecular complexity index is 839. The molecule has 0 saturated carbocycles. The van der Waals surface area contributed by atoms with Crippen molar-refractivity contribution >= 4 is 33.1 Å². The summed E-state index contributed by atoms with van der Waals surface area (Å²) in [5.74, 6) is -0.0535. The Morgan fingerprint density at radius 1 is 1.29 bits per heavy atom. The van der Waals surface area contributed by atoms with Crippen LogP contribution in [0.1, 0.15) is 0 Å². The first-order valence-electron chi connectivity index (χ1n) is 6.30. The highest BCUT2D eigenvalue weighted by atomic mass is 32.1. The molecule has 1 heterocycles. The molecule has 2 aromatic carbocycles. The fourth-order valence-corrected chi connectivity index (χ4v) is 2.95. The third-order valence-electron chi connectivity index (χ3n) is 2.97. The number of para-hydroxylation sites is 1. The van der Waals surface area contributed by atoms with Gasteiger partial charge in [-0.1, -0.05) is 18.7 Å². The van der Waals surface area contributed by atoms with Crippen LogP contribution in [0.25, 0.3) is 20.8 Å². The summed E-state index contributed by atoms with van der Waals surface area (Å²) in [4.78, 5) is 15.8. The number of nitrogens with one attached hydrogen (secondary N) is 1. The molecule has 0 bridgehead atoms. The van der Waals surface area contributed by atoms with E-state index in [9.17, 15) is 9.90 Å². The number of fused-ring (bicyclic) bond motifs is 1. The van der Waals surface area contributed by atoms with Gasteiger partial charge < -0.3 is 10.4 Å². The summed E-state index contributed by atoms with van der Waals surface area (Å²) in [5, 5.41) is 13.3. The van der Waals surface area contributed by atoms with Gasteiger partial charge in [-0.2, -0.15) is 0 Å². The highest BCUT2D eigenvalue weighted by Gasteiger charge is 2.10. The van der Waals surface area contributed by atoms with Crippen molar-refractivity contribution in [2.45, 2.75) is 0 Å². The Morgan fingerprint density at radius 3 is 2.86 bits per heavy atom. The van der Waals surface area contributed by atoms with E-state index in [2.05, 4.69) is 16.9 Å². The third kappa shape index (κ3) is 2.64. The number of rotatable bonds is 3. The summed E-state index contributed by atoms with van der Waals surface area (Å²) in [7, 11) is 0. The van der Waals surface area contributed by atoms with Crippen molar-refractivity contribution < 1.29 is 9.90 Å². The van der Waals surface area contributed by atoms with Crippen molar-refractivity contribution in [3.63, 3.8) is 0 Å². The second-order valence-corrected chi connectivity index (χ2v) is 5.44. The largest absolute Gasteiger partial charge is 0.507 e. The quantitative estimate of drug-likeness (QED) is 0.723. The number of hydrogen-bond donors (Lipinski definition) is 2. The molecule has 0 spiro atoms. The summed E-state index contributed by atoms with van der Waals surface area (Å²) in [6.45, 7) is 3.42. The Balaban J connectivity index is 2.02. The molecule has 1 aromatic heterocycles. The van der Waals surface area contributed by atoms with Gasteiger partial charge in [0.25, 0.3) is 0 Å². The van der Waals surface area contributed by atoms with E-state index in [0.29, 0.717) is 11.3 Å². The standard InChI is InChI=1S/C16H12N2O2S/c1-2-15(20)17-10-7-8-14-12(9-10)18-16(21-14)11-5-3-4-6-13(11)19/h2-9,19H,1H2,(H,17,20). The second-order valence-electron chi connectivity index (χ2n) is 4.41. The Morgan fingerprint density at radius 2 is 2.10 bits per heavy atom. The van der Waals surface area contributed by atoms with Crippen LogP contribution >= 0.6 is 11.3 Å². The van der Waals surface area contributed by atoms with Crippen molar-refractivity contribution in [1.29, 1.82) is 0 Å². The number of thiazole rings is 1. The number of carbonyl (C=O) groups is 1. The number of hydrogen-bond acceptors (Lipinski definition) is 4. The van der Waals surface area contributed by atoms with Crippen LogP contribution in [-0.4, -0.2) is 16.0 Å². The van der Waals surface area contributed by atoms with Crippen LogP contribution in [0.3, 0.4) is 0 Å². The monoisotopic (exact) mass is 296 g/mol. The Kier molecular flexibility index (Phi) is 3.41. The van der Waals surface area contributed by atoms with Crippen LogP contribution in [0.4, 0.5) is 5.69 Å². The predicted molar refractivity (Wildman–Crippen MR) is 85.5 cm³/mol. The zero-order valence-corrected chi connectivity index (χ0v) is 11.9. The number of nitrogens with zero attached hydrogens (tertiary/aromatic N) is 1. The lowest BCUT2D eigenvalue weighted by Crippen LogP contribution is -2.06. The van der Waals surface area contributed by atoms with Crippen molar-refractivity contribution in [1.82, 2.24) is 4.98 Å². The molecule has 104 valence electrons. The molecule has 3 aromatic rings. The lowest BCUT2D eigenvalue weighted by atomic mass is 10.2. The lowest BCUT2D eigenvalue weighted by molar-refractivity contribution is -0.111. The fourth-order valence-electron chi connectivity index (χ4n) is 1.97. The molecule has 0 radical (unpaired) electrons. The van der Waals surface area contributed by atoms with Crippen LogP contribution in [0.2, 0.25) is 0 Å². The Hall–Kier alpha value is -2.66. The molecule has 0 unspecified atom stereocenters. The van der Waals surface area contributed by atoms with E-state index in [4.69, 9.17) is 0 Å². The van der Waals surface area contributed by atoms with Gasteiger partial charge in [-0.3, -0.25) is 4.79 Å². The normalized spacial score (nSPS) is 10.5. The number of aromatic hydroxyl groups is 1. The van der Waals surface area contributed by atoms with Gasteiger partial charge in [-0.15, -0.1) is 11.3 Å². The minimum Gasteiger partial charge on any atom is -0.507 e. The number of carbonyl (C=O) groups excluding carboxylic acids is 1. The average Bonchev–Trinajstić information content (AvgIpc) is 2.90. The van der Waals surface area contributed by atoms with Crippen LogP contribution in [0.15, 0.2) is 55.1 Å².